The lowest BCUT2D eigenvalue weighted by atomic mass is 10.0. The standard InChI is InChI=1S/C21H34N6.HI/c1-3-18-9-6-7-14-26(18)16-13-24-21(22-2)23-12-8-15-27-17-25-19-10-4-5-11-20(19)27;/h4-5,10-11,17-18H,3,6-9,12-16H2,1-2H3,(H2,22,23,24);1H. The van der Waals surface area contributed by atoms with Crippen molar-refractivity contribution in [3.05, 3.63) is 30.6 Å². The van der Waals surface area contributed by atoms with Crippen LogP contribution < -0.4 is 10.6 Å². The fourth-order valence-electron chi connectivity index (χ4n) is 4.00. The molecule has 6 nitrogen and oxygen atoms in total. The third kappa shape index (κ3) is 6.34. The first-order chi connectivity index (χ1) is 13.3. The molecular weight excluding hydrogens is 463 g/mol. The summed E-state index contributed by atoms with van der Waals surface area (Å²) in [4.78, 5) is 11.4. The van der Waals surface area contributed by atoms with Crippen molar-refractivity contribution in [1.82, 2.24) is 25.1 Å². The minimum absolute atomic E-state index is 0. The molecule has 1 aliphatic rings. The normalized spacial score (nSPS) is 18.1. The molecule has 7 heteroatoms. The Hall–Kier alpha value is -1.35. The molecule has 0 aliphatic carbocycles. The van der Waals surface area contributed by atoms with Gasteiger partial charge < -0.3 is 15.2 Å². The molecular formula is C21H35IN6. The van der Waals surface area contributed by atoms with Gasteiger partial charge in [0.25, 0.3) is 0 Å². The van der Waals surface area contributed by atoms with E-state index in [-0.39, 0.29) is 24.0 Å². The number of aliphatic imine (C=N–C) groups is 1. The van der Waals surface area contributed by atoms with E-state index in [2.05, 4.69) is 55.2 Å². The van der Waals surface area contributed by atoms with Crippen LogP contribution in [0.3, 0.4) is 0 Å². The quantitative estimate of drug-likeness (QED) is 0.253. The van der Waals surface area contributed by atoms with Crippen molar-refractivity contribution in [2.45, 2.75) is 51.6 Å². The lowest BCUT2D eigenvalue weighted by Gasteiger charge is -2.35. The van der Waals surface area contributed by atoms with Crippen LogP contribution in [0.1, 0.15) is 39.0 Å². The van der Waals surface area contributed by atoms with Crippen LogP contribution in [0.2, 0.25) is 0 Å². The number of piperidine rings is 1. The van der Waals surface area contributed by atoms with Gasteiger partial charge in [-0.25, -0.2) is 4.98 Å². The third-order valence-corrected chi connectivity index (χ3v) is 5.53. The Morgan fingerprint density at radius 2 is 2.00 bits per heavy atom. The smallest absolute Gasteiger partial charge is 0.191 e. The Bertz CT molecular complexity index is 729. The molecule has 0 bridgehead atoms. The molecule has 2 N–H and O–H groups in total. The number of aromatic nitrogens is 2. The summed E-state index contributed by atoms with van der Waals surface area (Å²) < 4.78 is 2.22. The predicted octanol–water partition coefficient (Wildman–Crippen LogP) is 3.47. The monoisotopic (exact) mass is 498 g/mol. The molecule has 1 aromatic carbocycles. The van der Waals surface area contributed by atoms with Crippen LogP contribution in [0.4, 0.5) is 0 Å². The van der Waals surface area contributed by atoms with Gasteiger partial charge in [-0.1, -0.05) is 25.5 Å². The number of nitrogens with zero attached hydrogens (tertiary/aromatic N) is 4. The van der Waals surface area contributed by atoms with Crippen molar-refractivity contribution in [3.63, 3.8) is 0 Å². The molecule has 2 aromatic rings. The Morgan fingerprint density at radius 1 is 1.18 bits per heavy atom. The molecule has 1 atom stereocenters. The van der Waals surface area contributed by atoms with Gasteiger partial charge in [-0.15, -0.1) is 24.0 Å². The zero-order valence-corrected chi connectivity index (χ0v) is 19.6. The maximum absolute atomic E-state index is 4.45. The second-order valence-electron chi connectivity index (χ2n) is 7.30. The topological polar surface area (TPSA) is 57.5 Å². The van der Waals surface area contributed by atoms with Gasteiger partial charge in [0, 0.05) is 39.3 Å². The molecule has 1 fully saturated rings. The predicted molar refractivity (Wildman–Crippen MR) is 129 cm³/mol. The van der Waals surface area contributed by atoms with Gasteiger partial charge in [-0.05, 0) is 44.4 Å². The summed E-state index contributed by atoms with van der Waals surface area (Å²) in [7, 11) is 1.84. The summed E-state index contributed by atoms with van der Waals surface area (Å²) in [6.45, 7) is 7.44. The lowest BCUT2D eigenvalue weighted by Crippen LogP contribution is -2.46. The van der Waals surface area contributed by atoms with Gasteiger partial charge in [0.2, 0.25) is 0 Å². The van der Waals surface area contributed by atoms with Gasteiger partial charge in [-0.3, -0.25) is 9.89 Å². The summed E-state index contributed by atoms with van der Waals surface area (Å²) in [6.07, 6.45) is 8.30. The number of guanidine groups is 1. The second-order valence-corrected chi connectivity index (χ2v) is 7.30. The highest BCUT2D eigenvalue weighted by molar-refractivity contribution is 14.0. The first kappa shape index (κ1) is 22.9. The van der Waals surface area contributed by atoms with Crippen LogP contribution >= 0.6 is 24.0 Å². The van der Waals surface area contributed by atoms with Crippen molar-refractivity contribution in [2.24, 2.45) is 4.99 Å². The SMILES string of the molecule is CCC1CCCCN1CCNC(=NC)NCCCn1cnc2ccccc21.I. The number of rotatable bonds is 8. The van der Waals surface area contributed by atoms with Gasteiger partial charge >= 0.3 is 0 Å². The summed E-state index contributed by atoms with van der Waals surface area (Å²) in [5, 5.41) is 6.89. The number of fused-ring (bicyclic) bond motifs is 1. The molecule has 0 saturated carbocycles. The Balaban J connectivity index is 0.00000280. The number of hydrogen-bond acceptors (Lipinski definition) is 3. The molecule has 1 aromatic heterocycles. The molecule has 1 saturated heterocycles. The van der Waals surface area contributed by atoms with Crippen molar-refractivity contribution in [1.29, 1.82) is 0 Å². The number of halogens is 1. The number of likely N-dealkylation sites (tertiary alicyclic amines) is 1. The van der Waals surface area contributed by atoms with E-state index in [1.807, 2.05) is 19.4 Å². The van der Waals surface area contributed by atoms with Gasteiger partial charge in [0.1, 0.15) is 0 Å². The first-order valence-corrected chi connectivity index (χ1v) is 10.4. The fraction of sp³-hybridized carbons (Fsp3) is 0.619. The highest BCUT2D eigenvalue weighted by Gasteiger charge is 2.19. The van der Waals surface area contributed by atoms with Crippen LogP contribution in [0, 0.1) is 0 Å². The number of para-hydroxylation sites is 2. The second kappa shape index (κ2) is 12.3. The average Bonchev–Trinajstić information content (AvgIpc) is 3.13. The lowest BCUT2D eigenvalue weighted by molar-refractivity contribution is 0.147. The Morgan fingerprint density at radius 3 is 2.82 bits per heavy atom. The number of hydrogen-bond donors (Lipinski definition) is 2. The third-order valence-electron chi connectivity index (χ3n) is 5.53. The number of imidazole rings is 1. The van der Waals surface area contributed by atoms with Crippen LogP contribution in [0.25, 0.3) is 11.0 Å². The molecule has 156 valence electrons. The molecule has 2 heterocycles. The number of aryl methyl sites for hydroxylation is 1. The zero-order valence-electron chi connectivity index (χ0n) is 17.2. The van der Waals surface area contributed by atoms with E-state index in [1.54, 1.807) is 0 Å². The Labute approximate surface area is 186 Å². The van der Waals surface area contributed by atoms with Crippen LogP contribution in [-0.2, 0) is 6.54 Å². The van der Waals surface area contributed by atoms with E-state index < -0.39 is 0 Å². The van der Waals surface area contributed by atoms with E-state index >= 15 is 0 Å². The summed E-state index contributed by atoms with van der Waals surface area (Å²) in [5.41, 5.74) is 2.26. The van der Waals surface area contributed by atoms with Crippen LogP contribution in [0.5, 0.6) is 0 Å². The fourth-order valence-corrected chi connectivity index (χ4v) is 4.00. The highest BCUT2D eigenvalue weighted by Crippen LogP contribution is 2.18. The Kier molecular flexibility index (Phi) is 10.0. The number of benzene rings is 1. The van der Waals surface area contributed by atoms with E-state index in [4.69, 9.17) is 0 Å². The summed E-state index contributed by atoms with van der Waals surface area (Å²) >= 11 is 0. The van der Waals surface area contributed by atoms with Crippen molar-refractivity contribution in [2.75, 3.05) is 33.2 Å². The maximum Gasteiger partial charge on any atom is 0.191 e. The van der Waals surface area contributed by atoms with Gasteiger partial charge in [0.05, 0.1) is 17.4 Å². The molecule has 0 radical (unpaired) electrons. The molecule has 3 rings (SSSR count). The first-order valence-electron chi connectivity index (χ1n) is 10.4. The van der Waals surface area contributed by atoms with E-state index in [0.29, 0.717) is 0 Å². The molecule has 0 amide bonds. The van der Waals surface area contributed by atoms with Crippen molar-refractivity contribution in [3.8, 4) is 0 Å². The highest BCUT2D eigenvalue weighted by atomic mass is 127. The zero-order chi connectivity index (χ0) is 18.9. The van der Waals surface area contributed by atoms with Crippen LogP contribution in [-0.4, -0.2) is 59.7 Å². The number of nitrogens with one attached hydrogen (secondary N) is 2. The summed E-state index contributed by atoms with van der Waals surface area (Å²) in [6, 6.07) is 9.04. The van der Waals surface area contributed by atoms with Crippen LogP contribution in [0.15, 0.2) is 35.6 Å². The van der Waals surface area contributed by atoms with Gasteiger partial charge in [0.15, 0.2) is 5.96 Å². The minimum atomic E-state index is 0. The van der Waals surface area contributed by atoms with Gasteiger partial charge in [-0.2, -0.15) is 0 Å². The van der Waals surface area contributed by atoms with Crippen molar-refractivity contribution < 1.29 is 0 Å². The van der Waals surface area contributed by atoms with E-state index in [1.165, 1.54) is 37.7 Å². The van der Waals surface area contributed by atoms with E-state index in [0.717, 1.165) is 50.1 Å². The van der Waals surface area contributed by atoms with Crippen molar-refractivity contribution >= 4 is 41.0 Å². The maximum atomic E-state index is 4.45. The van der Waals surface area contributed by atoms with E-state index in [9.17, 15) is 0 Å². The molecule has 28 heavy (non-hydrogen) atoms. The molecule has 1 aliphatic heterocycles. The summed E-state index contributed by atoms with van der Waals surface area (Å²) in [5.74, 6) is 0.899. The molecule has 1 unspecified atom stereocenters. The molecule has 0 spiro atoms. The minimum Gasteiger partial charge on any atom is -0.356 e. The average molecular weight is 498 g/mol. The largest absolute Gasteiger partial charge is 0.356 e.